The predicted octanol–water partition coefficient (Wildman–Crippen LogP) is 1.34. The van der Waals surface area contributed by atoms with Gasteiger partial charge in [0.2, 0.25) is 0 Å². The average molecular weight is 278 g/mol. The number of benzene rings is 1. The zero-order chi connectivity index (χ0) is 14.7. The predicted molar refractivity (Wildman–Crippen MR) is 73.9 cm³/mol. The van der Waals surface area contributed by atoms with Gasteiger partial charge in [0, 0.05) is 19.3 Å². The molecule has 1 saturated heterocycles. The van der Waals surface area contributed by atoms with Crippen molar-refractivity contribution >= 4 is 17.7 Å². The van der Waals surface area contributed by atoms with E-state index in [1.54, 1.807) is 7.05 Å². The zero-order valence-corrected chi connectivity index (χ0v) is 11.6. The molecule has 0 radical (unpaired) electrons. The third-order valence-electron chi connectivity index (χ3n) is 3.29. The number of ether oxygens (including phenoxy) is 1. The number of nitrogens with zero attached hydrogens (tertiary/aromatic N) is 2. The molecule has 6 heteroatoms. The Labute approximate surface area is 117 Å². The minimum Gasteiger partial charge on any atom is -0.479 e. The van der Waals surface area contributed by atoms with Gasteiger partial charge in [0.15, 0.2) is 6.10 Å². The van der Waals surface area contributed by atoms with E-state index in [0.29, 0.717) is 6.54 Å². The SMILES string of the molecule is Cc1cccc(N(C)C(=O)N2CCOC(C(=O)O)C2)c1. The number of carboxylic acids is 1. The number of urea groups is 1. The fourth-order valence-corrected chi connectivity index (χ4v) is 2.13. The van der Waals surface area contributed by atoms with Crippen molar-refractivity contribution in [3.8, 4) is 0 Å². The van der Waals surface area contributed by atoms with Crippen molar-refractivity contribution in [2.45, 2.75) is 13.0 Å². The van der Waals surface area contributed by atoms with Crippen LogP contribution in [0, 0.1) is 6.92 Å². The van der Waals surface area contributed by atoms with Crippen LogP contribution in [-0.4, -0.2) is 54.9 Å². The molecule has 0 spiro atoms. The lowest BCUT2D eigenvalue weighted by atomic mass is 10.2. The highest BCUT2D eigenvalue weighted by atomic mass is 16.5. The van der Waals surface area contributed by atoms with Crippen molar-refractivity contribution in [2.75, 3.05) is 31.6 Å². The summed E-state index contributed by atoms with van der Waals surface area (Å²) in [5.74, 6) is -1.04. The highest BCUT2D eigenvalue weighted by Crippen LogP contribution is 2.17. The maximum atomic E-state index is 12.4. The molecule has 0 aromatic heterocycles. The second kappa shape index (κ2) is 5.92. The lowest BCUT2D eigenvalue weighted by Crippen LogP contribution is -2.52. The number of aryl methyl sites for hydroxylation is 1. The number of rotatable bonds is 2. The lowest BCUT2D eigenvalue weighted by Gasteiger charge is -2.33. The van der Waals surface area contributed by atoms with E-state index < -0.39 is 12.1 Å². The molecule has 1 fully saturated rings. The number of anilines is 1. The summed E-state index contributed by atoms with van der Waals surface area (Å²) in [5.41, 5.74) is 1.85. The van der Waals surface area contributed by atoms with E-state index in [0.717, 1.165) is 11.3 Å². The topological polar surface area (TPSA) is 70.1 Å². The molecule has 1 N–H and O–H groups in total. The molecular weight excluding hydrogens is 260 g/mol. The van der Waals surface area contributed by atoms with Gasteiger partial charge in [0.1, 0.15) is 0 Å². The van der Waals surface area contributed by atoms with Gasteiger partial charge in [-0.25, -0.2) is 9.59 Å². The Morgan fingerprint density at radius 3 is 2.85 bits per heavy atom. The molecule has 1 aromatic rings. The molecular formula is C14H18N2O4. The largest absolute Gasteiger partial charge is 0.479 e. The fourth-order valence-electron chi connectivity index (χ4n) is 2.13. The molecule has 2 rings (SSSR count). The van der Waals surface area contributed by atoms with E-state index >= 15 is 0 Å². The van der Waals surface area contributed by atoms with Crippen LogP contribution in [0.3, 0.4) is 0 Å². The van der Waals surface area contributed by atoms with Crippen molar-refractivity contribution in [3.05, 3.63) is 29.8 Å². The zero-order valence-electron chi connectivity index (χ0n) is 11.6. The van der Waals surface area contributed by atoms with Crippen LogP contribution in [0.25, 0.3) is 0 Å². The minimum absolute atomic E-state index is 0.0737. The quantitative estimate of drug-likeness (QED) is 0.886. The van der Waals surface area contributed by atoms with Crippen LogP contribution < -0.4 is 4.90 Å². The first-order valence-corrected chi connectivity index (χ1v) is 6.43. The molecule has 108 valence electrons. The van der Waals surface area contributed by atoms with E-state index in [1.807, 2.05) is 31.2 Å². The Morgan fingerprint density at radius 1 is 1.45 bits per heavy atom. The number of carbonyl (C=O) groups excluding carboxylic acids is 1. The molecule has 0 aliphatic carbocycles. The maximum Gasteiger partial charge on any atom is 0.334 e. The molecule has 1 heterocycles. The van der Waals surface area contributed by atoms with Gasteiger partial charge in [0.25, 0.3) is 0 Å². The molecule has 20 heavy (non-hydrogen) atoms. The minimum atomic E-state index is -1.04. The monoisotopic (exact) mass is 278 g/mol. The smallest absolute Gasteiger partial charge is 0.334 e. The average Bonchev–Trinajstić information content (AvgIpc) is 2.45. The second-order valence-electron chi connectivity index (χ2n) is 4.82. The van der Waals surface area contributed by atoms with Crippen LogP contribution in [0.2, 0.25) is 0 Å². The third kappa shape index (κ3) is 3.08. The molecule has 1 aliphatic rings. The molecule has 1 atom stereocenters. The van der Waals surface area contributed by atoms with Crippen LogP contribution >= 0.6 is 0 Å². The number of amides is 2. The highest BCUT2D eigenvalue weighted by molar-refractivity contribution is 5.92. The van der Waals surface area contributed by atoms with Crippen LogP contribution in [0.4, 0.5) is 10.5 Å². The third-order valence-corrected chi connectivity index (χ3v) is 3.29. The molecule has 1 aromatic carbocycles. The number of hydrogen-bond donors (Lipinski definition) is 1. The van der Waals surface area contributed by atoms with Crippen molar-refractivity contribution in [2.24, 2.45) is 0 Å². The maximum absolute atomic E-state index is 12.4. The number of carbonyl (C=O) groups is 2. The summed E-state index contributed by atoms with van der Waals surface area (Å²) in [7, 11) is 1.68. The van der Waals surface area contributed by atoms with Crippen molar-refractivity contribution in [3.63, 3.8) is 0 Å². The van der Waals surface area contributed by atoms with Gasteiger partial charge < -0.3 is 14.7 Å². The number of hydrogen-bond acceptors (Lipinski definition) is 3. The van der Waals surface area contributed by atoms with Gasteiger partial charge in [0.05, 0.1) is 13.2 Å². The van der Waals surface area contributed by atoms with E-state index in [-0.39, 0.29) is 19.2 Å². The Balaban J connectivity index is 2.08. The van der Waals surface area contributed by atoms with Gasteiger partial charge in [-0.15, -0.1) is 0 Å². The summed E-state index contributed by atoms with van der Waals surface area (Å²) in [6, 6.07) is 7.38. The van der Waals surface area contributed by atoms with Gasteiger partial charge in [-0.2, -0.15) is 0 Å². The Hall–Kier alpha value is -2.08. The molecule has 6 nitrogen and oxygen atoms in total. The van der Waals surface area contributed by atoms with Gasteiger partial charge in [-0.1, -0.05) is 12.1 Å². The Kier molecular flexibility index (Phi) is 4.24. The van der Waals surface area contributed by atoms with Crippen molar-refractivity contribution < 1.29 is 19.4 Å². The normalized spacial score (nSPS) is 18.7. The summed E-state index contributed by atoms with van der Waals surface area (Å²) in [5, 5.41) is 8.95. The van der Waals surface area contributed by atoms with E-state index in [4.69, 9.17) is 9.84 Å². The summed E-state index contributed by atoms with van der Waals surface area (Å²) < 4.78 is 5.11. The first kappa shape index (κ1) is 14.3. The highest BCUT2D eigenvalue weighted by Gasteiger charge is 2.30. The number of carboxylic acid groups (broad SMARTS) is 1. The molecule has 1 aliphatic heterocycles. The van der Waals surface area contributed by atoms with Gasteiger partial charge >= 0.3 is 12.0 Å². The van der Waals surface area contributed by atoms with Gasteiger partial charge in [-0.3, -0.25) is 4.90 Å². The standard InChI is InChI=1S/C14H18N2O4/c1-10-4-3-5-11(8-10)15(2)14(19)16-6-7-20-12(9-16)13(17)18/h3-5,8,12H,6-7,9H2,1-2H3,(H,17,18). The number of morpholine rings is 1. The van der Waals surface area contributed by atoms with E-state index in [9.17, 15) is 9.59 Å². The van der Waals surface area contributed by atoms with Crippen LogP contribution in [0.15, 0.2) is 24.3 Å². The first-order valence-electron chi connectivity index (χ1n) is 6.43. The summed E-state index contributed by atoms with van der Waals surface area (Å²) in [4.78, 5) is 26.3. The molecule has 1 unspecified atom stereocenters. The molecule has 0 saturated carbocycles. The Morgan fingerprint density at radius 2 is 2.20 bits per heavy atom. The van der Waals surface area contributed by atoms with Crippen molar-refractivity contribution in [1.82, 2.24) is 4.90 Å². The Bertz CT molecular complexity index is 518. The second-order valence-corrected chi connectivity index (χ2v) is 4.82. The summed E-state index contributed by atoms with van der Waals surface area (Å²) in [6.07, 6.45) is -0.946. The van der Waals surface area contributed by atoms with Crippen molar-refractivity contribution in [1.29, 1.82) is 0 Å². The number of aliphatic carboxylic acids is 1. The first-order chi connectivity index (χ1) is 9.49. The van der Waals surface area contributed by atoms with Crippen LogP contribution in [0.5, 0.6) is 0 Å². The van der Waals surface area contributed by atoms with Gasteiger partial charge in [-0.05, 0) is 24.6 Å². The lowest BCUT2D eigenvalue weighted by molar-refractivity contribution is -0.154. The fraction of sp³-hybridized carbons (Fsp3) is 0.429. The van der Waals surface area contributed by atoms with Crippen LogP contribution in [-0.2, 0) is 9.53 Å². The summed E-state index contributed by atoms with van der Waals surface area (Å²) >= 11 is 0. The van der Waals surface area contributed by atoms with Crippen LogP contribution in [0.1, 0.15) is 5.56 Å². The van der Waals surface area contributed by atoms with E-state index in [1.165, 1.54) is 9.80 Å². The molecule has 0 bridgehead atoms. The summed E-state index contributed by atoms with van der Waals surface area (Å²) in [6.45, 7) is 2.67. The van der Waals surface area contributed by atoms with E-state index in [2.05, 4.69) is 0 Å². The molecule has 2 amide bonds.